The Morgan fingerprint density at radius 3 is 2.50 bits per heavy atom. The van der Waals surface area contributed by atoms with Crippen molar-refractivity contribution in [1.29, 1.82) is 0 Å². The molecule has 0 bridgehead atoms. The van der Waals surface area contributed by atoms with E-state index in [2.05, 4.69) is 35.7 Å². The van der Waals surface area contributed by atoms with Gasteiger partial charge in [-0.15, -0.1) is 0 Å². The molecule has 1 fully saturated rings. The van der Waals surface area contributed by atoms with Gasteiger partial charge in [0.1, 0.15) is 0 Å². The van der Waals surface area contributed by atoms with Gasteiger partial charge in [-0.2, -0.15) is 5.10 Å². The van der Waals surface area contributed by atoms with E-state index in [9.17, 15) is 4.79 Å². The second-order valence-electron chi connectivity index (χ2n) is 8.20. The van der Waals surface area contributed by atoms with Gasteiger partial charge in [0.25, 0.3) is 0 Å². The Kier molecular flexibility index (Phi) is 5.78. The smallest absolute Gasteiger partial charge is 0.306 e. The van der Waals surface area contributed by atoms with Crippen molar-refractivity contribution in [2.24, 2.45) is 11.0 Å². The minimum absolute atomic E-state index is 0.134. The van der Waals surface area contributed by atoms with Crippen LogP contribution in [0.15, 0.2) is 95.6 Å². The van der Waals surface area contributed by atoms with Crippen LogP contribution in [0.5, 0.6) is 0 Å². The molecule has 0 spiro atoms. The van der Waals surface area contributed by atoms with E-state index >= 15 is 0 Å². The SMILES string of the molecule is O=C(Nc1cccc(Cl)c1)N1N=C2/C(=C\c3ccccc3)CCCC2C1c1ccccc1. The van der Waals surface area contributed by atoms with Crippen molar-refractivity contribution in [2.75, 3.05) is 5.32 Å². The van der Waals surface area contributed by atoms with E-state index in [0.717, 1.165) is 36.1 Å². The van der Waals surface area contributed by atoms with Crippen LogP contribution < -0.4 is 5.32 Å². The number of nitrogens with zero attached hydrogens (tertiary/aromatic N) is 2. The molecule has 1 aliphatic heterocycles. The number of benzene rings is 3. The molecule has 32 heavy (non-hydrogen) atoms. The fourth-order valence-electron chi connectivity index (χ4n) is 4.65. The lowest BCUT2D eigenvalue weighted by Gasteiger charge is -2.29. The summed E-state index contributed by atoms with van der Waals surface area (Å²) in [7, 11) is 0. The van der Waals surface area contributed by atoms with Crippen LogP contribution in [0, 0.1) is 5.92 Å². The second kappa shape index (κ2) is 9.01. The van der Waals surface area contributed by atoms with Crippen LogP contribution in [0.2, 0.25) is 5.02 Å². The summed E-state index contributed by atoms with van der Waals surface area (Å²) in [6, 6.07) is 27.3. The molecule has 2 atom stereocenters. The van der Waals surface area contributed by atoms with Crippen molar-refractivity contribution in [1.82, 2.24) is 5.01 Å². The van der Waals surface area contributed by atoms with Crippen molar-refractivity contribution in [2.45, 2.75) is 25.3 Å². The molecule has 0 aromatic heterocycles. The number of carbonyl (C=O) groups excluding carboxylic acids is 1. The number of allylic oxidation sites excluding steroid dienone is 1. The fourth-order valence-corrected chi connectivity index (χ4v) is 4.84. The highest BCUT2D eigenvalue weighted by Gasteiger charge is 2.43. The molecular formula is C27H24ClN3O. The number of anilines is 1. The lowest BCUT2D eigenvalue weighted by Crippen LogP contribution is -2.34. The van der Waals surface area contributed by atoms with Gasteiger partial charge in [-0.3, -0.25) is 0 Å². The predicted octanol–water partition coefficient (Wildman–Crippen LogP) is 7.17. The van der Waals surface area contributed by atoms with Crippen LogP contribution in [0.4, 0.5) is 10.5 Å². The molecule has 1 N–H and O–H groups in total. The summed E-state index contributed by atoms with van der Waals surface area (Å²) >= 11 is 6.11. The highest BCUT2D eigenvalue weighted by atomic mass is 35.5. The quantitative estimate of drug-likeness (QED) is 0.460. The van der Waals surface area contributed by atoms with Gasteiger partial charge in [-0.1, -0.05) is 78.3 Å². The first-order chi connectivity index (χ1) is 15.7. The molecule has 2 aliphatic rings. The molecule has 5 rings (SSSR count). The van der Waals surface area contributed by atoms with Gasteiger partial charge < -0.3 is 5.32 Å². The van der Waals surface area contributed by atoms with Gasteiger partial charge in [0.2, 0.25) is 0 Å². The van der Waals surface area contributed by atoms with Gasteiger partial charge >= 0.3 is 6.03 Å². The minimum Gasteiger partial charge on any atom is -0.306 e. The van der Waals surface area contributed by atoms with Crippen LogP contribution in [0.3, 0.4) is 0 Å². The molecule has 3 aromatic carbocycles. The van der Waals surface area contributed by atoms with E-state index < -0.39 is 0 Å². The van der Waals surface area contributed by atoms with Crippen LogP contribution in [-0.4, -0.2) is 16.8 Å². The molecule has 3 aromatic rings. The number of rotatable bonds is 3. The van der Waals surface area contributed by atoms with E-state index in [0.29, 0.717) is 10.7 Å². The number of carbonyl (C=O) groups is 1. The Labute approximate surface area is 193 Å². The largest absolute Gasteiger partial charge is 0.342 e. The van der Waals surface area contributed by atoms with Gasteiger partial charge in [-0.25, -0.2) is 9.80 Å². The first kappa shape index (κ1) is 20.5. The molecule has 0 radical (unpaired) electrons. The molecule has 1 aliphatic carbocycles. The summed E-state index contributed by atoms with van der Waals surface area (Å²) in [4.78, 5) is 13.4. The zero-order valence-electron chi connectivity index (χ0n) is 17.6. The standard InChI is InChI=1S/C27H24ClN3O/c28-22-14-8-15-23(18-22)29-27(32)31-26(20-11-5-2-6-12-20)24-16-7-13-21(25(24)30-31)17-19-9-3-1-4-10-19/h1-6,8-12,14-15,17-18,24,26H,7,13,16H2,(H,29,32)/b21-17-. The van der Waals surface area contributed by atoms with Crippen LogP contribution in [-0.2, 0) is 0 Å². The Morgan fingerprint density at radius 2 is 1.75 bits per heavy atom. The molecule has 0 saturated heterocycles. The van der Waals surface area contributed by atoms with Gasteiger partial charge in [-0.05, 0) is 60.2 Å². The molecular weight excluding hydrogens is 418 g/mol. The van der Waals surface area contributed by atoms with Crippen molar-refractivity contribution < 1.29 is 4.79 Å². The van der Waals surface area contributed by atoms with Crippen molar-refractivity contribution in [3.63, 3.8) is 0 Å². The summed E-state index contributed by atoms with van der Waals surface area (Å²) < 4.78 is 0. The Bertz CT molecular complexity index is 1170. The van der Waals surface area contributed by atoms with E-state index in [1.165, 1.54) is 5.57 Å². The van der Waals surface area contributed by atoms with Gasteiger partial charge in [0.05, 0.1) is 11.8 Å². The van der Waals surface area contributed by atoms with E-state index in [4.69, 9.17) is 16.7 Å². The monoisotopic (exact) mass is 441 g/mol. The van der Waals surface area contributed by atoms with Crippen molar-refractivity contribution in [3.05, 3.63) is 107 Å². The topological polar surface area (TPSA) is 44.7 Å². The summed E-state index contributed by atoms with van der Waals surface area (Å²) in [5.74, 6) is 0.172. The van der Waals surface area contributed by atoms with Crippen LogP contribution in [0.1, 0.15) is 36.4 Å². The lowest BCUT2D eigenvalue weighted by atomic mass is 9.77. The highest BCUT2D eigenvalue weighted by molar-refractivity contribution is 6.30. The molecule has 2 amide bonds. The van der Waals surface area contributed by atoms with Crippen LogP contribution in [0.25, 0.3) is 6.08 Å². The molecule has 1 saturated carbocycles. The predicted molar refractivity (Wildman–Crippen MR) is 131 cm³/mol. The third-order valence-corrected chi connectivity index (χ3v) is 6.30. The number of hydrazone groups is 1. The first-order valence-electron chi connectivity index (χ1n) is 10.9. The number of fused-ring (bicyclic) bond motifs is 1. The summed E-state index contributed by atoms with van der Waals surface area (Å²) in [5.41, 5.74) is 5.15. The van der Waals surface area contributed by atoms with Crippen LogP contribution >= 0.6 is 11.6 Å². The Balaban J connectivity index is 1.52. The van der Waals surface area contributed by atoms with Gasteiger partial charge in [0.15, 0.2) is 0 Å². The minimum atomic E-state index is -0.248. The van der Waals surface area contributed by atoms with E-state index in [1.54, 1.807) is 17.1 Å². The molecule has 2 unspecified atom stereocenters. The number of hydrogen-bond acceptors (Lipinski definition) is 2. The number of amides is 2. The highest BCUT2D eigenvalue weighted by Crippen LogP contribution is 2.44. The number of nitrogens with one attached hydrogen (secondary N) is 1. The van der Waals surface area contributed by atoms with E-state index in [1.807, 2.05) is 48.5 Å². The Hall–Kier alpha value is -3.37. The third kappa shape index (κ3) is 4.19. The molecule has 4 nitrogen and oxygen atoms in total. The molecule has 5 heteroatoms. The summed E-state index contributed by atoms with van der Waals surface area (Å²) in [6.07, 6.45) is 5.27. The van der Waals surface area contributed by atoms with Gasteiger partial charge in [0, 0.05) is 16.6 Å². The summed E-state index contributed by atoms with van der Waals surface area (Å²) in [5, 5.41) is 10.1. The molecule has 1 heterocycles. The first-order valence-corrected chi connectivity index (χ1v) is 11.3. The second-order valence-corrected chi connectivity index (χ2v) is 8.64. The average Bonchev–Trinajstić information content (AvgIpc) is 3.21. The maximum atomic E-state index is 13.4. The zero-order chi connectivity index (χ0) is 21.9. The van der Waals surface area contributed by atoms with Crippen molar-refractivity contribution in [3.8, 4) is 0 Å². The average molecular weight is 442 g/mol. The molecule has 160 valence electrons. The number of hydrogen-bond donors (Lipinski definition) is 1. The maximum Gasteiger partial charge on any atom is 0.342 e. The normalized spacial score (nSPS) is 21.2. The lowest BCUT2D eigenvalue weighted by molar-refractivity contribution is 0.188. The third-order valence-electron chi connectivity index (χ3n) is 6.07. The Morgan fingerprint density at radius 1 is 1.00 bits per heavy atom. The maximum absolute atomic E-state index is 13.4. The zero-order valence-corrected chi connectivity index (χ0v) is 18.4. The van der Waals surface area contributed by atoms with Crippen molar-refractivity contribution >= 4 is 35.1 Å². The number of halogens is 1. The number of urea groups is 1. The summed E-state index contributed by atoms with van der Waals surface area (Å²) in [6.45, 7) is 0. The fraction of sp³-hybridized carbons (Fsp3) is 0.185. The van der Waals surface area contributed by atoms with E-state index in [-0.39, 0.29) is 18.0 Å².